The van der Waals surface area contributed by atoms with Crippen LogP contribution < -0.4 is 5.32 Å². The van der Waals surface area contributed by atoms with Crippen molar-refractivity contribution in [2.75, 3.05) is 13.2 Å². The fraction of sp³-hybridized carbons (Fsp3) is 1.00. The van der Waals surface area contributed by atoms with E-state index in [1.807, 2.05) is 0 Å². The first-order chi connectivity index (χ1) is 6.61. The molecule has 1 aliphatic rings. The molecule has 0 bridgehead atoms. The maximum atomic E-state index is 5.84. The van der Waals surface area contributed by atoms with E-state index in [9.17, 15) is 0 Å². The second-order valence-corrected chi connectivity index (χ2v) is 5.04. The SMILES string of the molecule is CC(C)NCC1CCCOC1C(C)C. The Morgan fingerprint density at radius 3 is 2.57 bits per heavy atom. The number of ether oxygens (including phenoxy) is 1. The fourth-order valence-corrected chi connectivity index (χ4v) is 2.21. The summed E-state index contributed by atoms with van der Waals surface area (Å²) in [7, 11) is 0. The molecule has 2 atom stereocenters. The molecule has 84 valence electrons. The Balaban J connectivity index is 2.38. The van der Waals surface area contributed by atoms with Gasteiger partial charge in [-0.1, -0.05) is 27.7 Å². The molecular formula is C12H25NO. The molecule has 0 aromatic carbocycles. The molecule has 2 nitrogen and oxygen atoms in total. The van der Waals surface area contributed by atoms with Crippen molar-refractivity contribution in [3.05, 3.63) is 0 Å². The molecule has 1 fully saturated rings. The van der Waals surface area contributed by atoms with Gasteiger partial charge in [-0.05, 0) is 24.7 Å². The van der Waals surface area contributed by atoms with Gasteiger partial charge in [-0.2, -0.15) is 0 Å². The van der Waals surface area contributed by atoms with Crippen LogP contribution in [0.25, 0.3) is 0 Å². The highest BCUT2D eigenvalue weighted by Gasteiger charge is 2.28. The summed E-state index contributed by atoms with van der Waals surface area (Å²) in [6, 6.07) is 0.588. The van der Waals surface area contributed by atoms with Crippen LogP contribution in [-0.4, -0.2) is 25.3 Å². The van der Waals surface area contributed by atoms with Crippen molar-refractivity contribution in [1.82, 2.24) is 5.32 Å². The molecule has 1 N–H and O–H groups in total. The summed E-state index contributed by atoms with van der Waals surface area (Å²) < 4.78 is 5.84. The van der Waals surface area contributed by atoms with Crippen LogP contribution >= 0.6 is 0 Å². The van der Waals surface area contributed by atoms with Crippen LogP contribution in [0.1, 0.15) is 40.5 Å². The highest BCUT2D eigenvalue weighted by molar-refractivity contribution is 4.79. The largest absolute Gasteiger partial charge is 0.378 e. The van der Waals surface area contributed by atoms with Crippen LogP contribution in [-0.2, 0) is 4.74 Å². The van der Waals surface area contributed by atoms with Crippen LogP contribution in [0.5, 0.6) is 0 Å². The predicted molar refractivity (Wildman–Crippen MR) is 60.4 cm³/mol. The van der Waals surface area contributed by atoms with Gasteiger partial charge >= 0.3 is 0 Å². The third kappa shape index (κ3) is 3.58. The zero-order valence-corrected chi connectivity index (χ0v) is 10.0. The molecule has 1 heterocycles. The van der Waals surface area contributed by atoms with Crippen molar-refractivity contribution in [2.24, 2.45) is 11.8 Å². The van der Waals surface area contributed by atoms with Crippen LogP contribution in [0.2, 0.25) is 0 Å². The Kier molecular flexibility index (Phi) is 4.90. The Morgan fingerprint density at radius 1 is 1.29 bits per heavy atom. The summed E-state index contributed by atoms with van der Waals surface area (Å²) in [4.78, 5) is 0. The standard InChI is InChI=1S/C12H25NO/c1-9(2)12-11(6-5-7-14-12)8-13-10(3)4/h9-13H,5-8H2,1-4H3. The first kappa shape index (κ1) is 12.0. The molecule has 0 spiro atoms. The molecular weight excluding hydrogens is 174 g/mol. The predicted octanol–water partition coefficient (Wildman–Crippen LogP) is 2.44. The first-order valence-electron chi connectivity index (χ1n) is 5.96. The van der Waals surface area contributed by atoms with Gasteiger partial charge in [-0.15, -0.1) is 0 Å². The molecule has 0 aromatic rings. The third-order valence-corrected chi connectivity index (χ3v) is 2.94. The zero-order valence-electron chi connectivity index (χ0n) is 10.0. The molecule has 0 radical (unpaired) electrons. The van der Waals surface area contributed by atoms with E-state index in [-0.39, 0.29) is 0 Å². The number of hydrogen-bond acceptors (Lipinski definition) is 2. The van der Waals surface area contributed by atoms with E-state index < -0.39 is 0 Å². The lowest BCUT2D eigenvalue weighted by atomic mass is 9.87. The highest BCUT2D eigenvalue weighted by Crippen LogP contribution is 2.25. The van der Waals surface area contributed by atoms with Crippen molar-refractivity contribution in [3.63, 3.8) is 0 Å². The quantitative estimate of drug-likeness (QED) is 0.751. The average Bonchev–Trinajstić information content (AvgIpc) is 2.15. The lowest BCUT2D eigenvalue weighted by Gasteiger charge is -2.35. The summed E-state index contributed by atoms with van der Waals surface area (Å²) in [5.74, 6) is 1.36. The molecule has 2 unspecified atom stereocenters. The summed E-state index contributed by atoms with van der Waals surface area (Å²) in [6.07, 6.45) is 3.02. The number of nitrogens with one attached hydrogen (secondary N) is 1. The molecule has 0 saturated carbocycles. The topological polar surface area (TPSA) is 21.3 Å². The first-order valence-corrected chi connectivity index (χ1v) is 5.96. The molecule has 1 aliphatic heterocycles. The van der Waals surface area contributed by atoms with Crippen LogP contribution in [0.4, 0.5) is 0 Å². The molecule has 1 rings (SSSR count). The van der Waals surface area contributed by atoms with E-state index in [0.29, 0.717) is 24.0 Å². The minimum Gasteiger partial charge on any atom is -0.378 e. The highest BCUT2D eigenvalue weighted by atomic mass is 16.5. The summed E-state index contributed by atoms with van der Waals surface area (Å²) in [5, 5.41) is 3.52. The lowest BCUT2D eigenvalue weighted by molar-refractivity contribution is -0.0519. The minimum absolute atomic E-state index is 0.468. The van der Waals surface area contributed by atoms with E-state index >= 15 is 0 Å². The Hall–Kier alpha value is -0.0800. The van der Waals surface area contributed by atoms with Crippen molar-refractivity contribution in [1.29, 1.82) is 0 Å². The monoisotopic (exact) mass is 199 g/mol. The van der Waals surface area contributed by atoms with Gasteiger partial charge in [0.1, 0.15) is 0 Å². The van der Waals surface area contributed by atoms with Gasteiger partial charge in [-0.25, -0.2) is 0 Å². The maximum Gasteiger partial charge on any atom is 0.0638 e. The Labute approximate surface area is 88.4 Å². The molecule has 0 amide bonds. The Bertz CT molecular complexity index is 156. The van der Waals surface area contributed by atoms with Gasteiger partial charge in [0, 0.05) is 19.2 Å². The smallest absolute Gasteiger partial charge is 0.0638 e. The third-order valence-electron chi connectivity index (χ3n) is 2.94. The molecule has 0 aliphatic carbocycles. The second kappa shape index (κ2) is 5.72. The summed E-state index contributed by atoms with van der Waals surface area (Å²) in [5.41, 5.74) is 0. The lowest BCUT2D eigenvalue weighted by Crippen LogP contribution is -2.41. The molecule has 0 aromatic heterocycles. The van der Waals surface area contributed by atoms with Crippen LogP contribution in [0.15, 0.2) is 0 Å². The molecule has 2 heteroatoms. The van der Waals surface area contributed by atoms with Gasteiger partial charge in [0.2, 0.25) is 0 Å². The Morgan fingerprint density at radius 2 is 2.00 bits per heavy atom. The van der Waals surface area contributed by atoms with Crippen molar-refractivity contribution in [3.8, 4) is 0 Å². The fourth-order valence-electron chi connectivity index (χ4n) is 2.21. The average molecular weight is 199 g/mol. The summed E-state index contributed by atoms with van der Waals surface area (Å²) in [6.45, 7) is 11.0. The van der Waals surface area contributed by atoms with Crippen molar-refractivity contribution in [2.45, 2.75) is 52.7 Å². The minimum atomic E-state index is 0.468. The molecule has 14 heavy (non-hydrogen) atoms. The van der Waals surface area contributed by atoms with E-state index in [0.717, 1.165) is 13.2 Å². The van der Waals surface area contributed by atoms with Gasteiger partial charge in [0.15, 0.2) is 0 Å². The van der Waals surface area contributed by atoms with Crippen molar-refractivity contribution < 1.29 is 4.74 Å². The molecule has 1 saturated heterocycles. The van der Waals surface area contributed by atoms with E-state index in [2.05, 4.69) is 33.0 Å². The van der Waals surface area contributed by atoms with E-state index in [1.165, 1.54) is 12.8 Å². The van der Waals surface area contributed by atoms with Gasteiger partial charge in [-0.3, -0.25) is 0 Å². The van der Waals surface area contributed by atoms with Gasteiger partial charge in [0.05, 0.1) is 6.10 Å². The van der Waals surface area contributed by atoms with Crippen LogP contribution in [0.3, 0.4) is 0 Å². The number of rotatable bonds is 4. The second-order valence-electron chi connectivity index (χ2n) is 5.04. The zero-order chi connectivity index (χ0) is 10.6. The maximum absolute atomic E-state index is 5.84. The van der Waals surface area contributed by atoms with Gasteiger partial charge < -0.3 is 10.1 Å². The van der Waals surface area contributed by atoms with Gasteiger partial charge in [0.25, 0.3) is 0 Å². The van der Waals surface area contributed by atoms with E-state index in [4.69, 9.17) is 4.74 Å². The van der Waals surface area contributed by atoms with E-state index in [1.54, 1.807) is 0 Å². The summed E-state index contributed by atoms with van der Waals surface area (Å²) >= 11 is 0. The van der Waals surface area contributed by atoms with Crippen LogP contribution in [0, 0.1) is 11.8 Å². The number of hydrogen-bond donors (Lipinski definition) is 1. The van der Waals surface area contributed by atoms with Crippen molar-refractivity contribution >= 4 is 0 Å². The normalized spacial score (nSPS) is 28.7.